The highest BCUT2D eigenvalue weighted by molar-refractivity contribution is 7.90. The second kappa shape index (κ2) is 13.8. The summed E-state index contributed by atoms with van der Waals surface area (Å²) in [5, 5.41) is -0.000695. The molecule has 9 nitrogen and oxygen atoms in total. The summed E-state index contributed by atoms with van der Waals surface area (Å²) in [7, 11) is -0.484. The Kier molecular flexibility index (Phi) is 9.93. The highest BCUT2D eigenvalue weighted by atomic mass is 35.5. The largest absolute Gasteiger partial charge is 0.490 e. The van der Waals surface area contributed by atoms with E-state index in [1.54, 1.807) is 32.3 Å². The zero-order valence-electron chi connectivity index (χ0n) is 27.5. The first-order valence-electron chi connectivity index (χ1n) is 16.8. The van der Waals surface area contributed by atoms with Crippen LogP contribution in [0.3, 0.4) is 0 Å². The Morgan fingerprint density at radius 3 is 2.74 bits per heavy atom. The summed E-state index contributed by atoms with van der Waals surface area (Å²) in [4.78, 5) is 29.9. The molecule has 1 spiro atoms. The number of hydrogen-bond donors (Lipinski definition) is 1. The number of aryl methyl sites for hydroxylation is 1. The van der Waals surface area contributed by atoms with Crippen molar-refractivity contribution >= 4 is 39.1 Å². The minimum Gasteiger partial charge on any atom is -0.490 e. The molecule has 1 fully saturated rings. The van der Waals surface area contributed by atoms with Gasteiger partial charge in [0.05, 0.1) is 23.6 Å². The second-order valence-electron chi connectivity index (χ2n) is 13.9. The van der Waals surface area contributed by atoms with Crippen molar-refractivity contribution < 1.29 is 27.5 Å². The van der Waals surface area contributed by atoms with Crippen LogP contribution in [0.2, 0.25) is 5.02 Å². The summed E-state index contributed by atoms with van der Waals surface area (Å²) < 4.78 is 42.0. The second-order valence-corrected chi connectivity index (χ2v) is 16.3. The Bertz CT molecular complexity index is 1640. The van der Waals surface area contributed by atoms with Gasteiger partial charge in [0.1, 0.15) is 12.4 Å². The normalized spacial score (nSPS) is 29.3. The number of rotatable bonds is 4. The van der Waals surface area contributed by atoms with E-state index in [1.165, 1.54) is 16.0 Å². The molecular formula is C36H46ClN3O6S. The molecule has 2 heterocycles. The van der Waals surface area contributed by atoms with Crippen molar-refractivity contribution in [2.24, 2.45) is 11.8 Å². The maximum atomic E-state index is 13.5. The average molecular weight is 684 g/mol. The van der Waals surface area contributed by atoms with E-state index in [4.69, 9.17) is 21.1 Å². The van der Waals surface area contributed by atoms with Gasteiger partial charge >= 0.3 is 0 Å². The third-order valence-electron chi connectivity index (χ3n) is 10.7. The maximum absolute atomic E-state index is 13.5. The summed E-state index contributed by atoms with van der Waals surface area (Å²) in [6, 6.07) is 11.4. The molecule has 2 aliphatic carbocycles. The number of hydrogen-bond acceptors (Lipinski definition) is 7. The van der Waals surface area contributed by atoms with Crippen LogP contribution in [0.1, 0.15) is 73.4 Å². The highest BCUT2D eigenvalue weighted by Gasteiger charge is 2.44. The number of amides is 2. The van der Waals surface area contributed by atoms with Crippen LogP contribution in [-0.4, -0.2) is 76.9 Å². The summed E-state index contributed by atoms with van der Waals surface area (Å²) in [6.07, 6.45) is 9.88. The third kappa shape index (κ3) is 7.06. The quantitative estimate of drug-likeness (QED) is 0.425. The number of carbonyl (C=O) groups is 2. The topological polar surface area (TPSA) is 105 Å². The van der Waals surface area contributed by atoms with Gasteiger partial charge in [0, 0.05) is 43.2 Å². The minimum atomic E-state index is -3.92. The van der Waals surface area contributed by atoms with Crippen molar-refractivity contribution in [2.45, 2.75) is 75.1 Å². The zero-order chi connectivity index (χ0) is 33.3. The molecule has 2 aromatic carbocycles. The molecule has 1 N–H and O–H groups in total. The van der Waals surface area contributed by atoms with Gasteiger partial charge in [-0.1, -0.05) is 36.7 Å². The first-order valence-corrected chi connectivity index (χ1v) is 18.8. The van der Waals surface area contributed by atoms with Crippen LogP contribution in [-0.2, 0) is 31.4 Å². The number of nitrogens with one attached hydrogen (secondary N) is 1. The zero-order valence-corrected chi connectivity index (χ0v) is 29.1. The molecule has 0 aromatic heterocycles. The van der Waals surface area contributed by atoms with Gasteiger partial charge in [0.15, 0.2) is 0 Å². The van der Waals surface area contributed by atoms with Crippen molar-refractivity contribution in [1.82, 2.24) is 9.62 Å². The molecule has 47 heavy (non-hydrogen) atoms. The number of sulfonamides is 1. The van der Waals surface area contributed by atoms with Gasteiger partial charge in [-0.15, -0.1) is 0 Å². The van der Waals surface area contributed by atoms with Gasteiger partial charge in [-0.25, -0.2) is 13.1 Å². The lowest BCUT2D eigenvalue weighted by Crippen LogP contribution is -2.50. The smallest absolute Gasteiger partial charge is 0.264 e. The first-order chi connectivity index (χ1) is 22.5. The molecule has 1 saturated carbocycles. The highest BCUT2D eigenvalue weighted by Crippen LogP contribution is 2.47. The number of ether oxygens (including phenoxy) is 2. The van der Waals surface area contributed by atoms with Crippen LogP contribution in [0.15, 0.2) is 48.6 Å². The van der Waals surface area contributed by atoms with E-state index in [9.17, 15) is 18.0 Å². The van der Waals surface area contributed by atoms with Crippen molar-refractivity contribution in [3.8, 4) is 5.75 Å². The van der Waals surface area contributed by atoms with Gasteiger partial charge in [-0.05, 0) is 105 Å². The van der Waals surface area contributed by atoms with E-state index in [0.717, 1.165) is 42.8 Å². The fourth-order valence-electron chi connectivity index (χ4n) is 7.77. The summed E-state index contributed by atoms with van der Waals surface area (Å²) in [6.45, 7) is 3.68. The van der Waals surface area contributed by atoms with Crippen molar-refractivity contribution in [3.05, 3.63) is 70.3 Å². The number of halogens is 1. The Morgan fingerprint density at radius 1 is 1.17 bits per heavy atom. The summed E-state index contributed by atoms with van der Waals surface area (Å²) >= 11 is 6.43. The predicted octanol–water partition coefficient (Wildman–Crippen LogP) is 5.50. The van der Waals surface area contributed by atoms with E-state index in [-0.39, 0.29) is 41.4 Å². The predicted molar refractivity (Wildman–Crippen MR) is 184 cm³/mol. The van der Waals surface area contributed by atoms with Gasteiger partial charge in [-0.2, -0.15) is 0 Å². The van der Waals surface area contributed by atoms with Crippen LogP contribution in [0.25, 0.3) is 0 Å². The molecule has 6 rings (SSSR count). The van der Waals surface area contributed by atoms with Crippen molar-refractivity contribution in [1.29, 1.82) is 0 Å². The SMILES string of the molecule is CC[C@@H]1CC/C=C/[C@H](OCC(=O)N(C)C)[C@@H]2CC[C@H]2CN2C[C@@]3(CCCc4cc(Cl)ccc43)COc3ccc(cc32)C(=O)NS1(=O)=O. The van der Waals surface area contributed by atoms with E-state index in [1.807, 2.05) is 25.1 Å². The molecule has 2 amide bonds. The molecule has 0 saturated heterocycles. The average Bonchev–Trinajstić information content (AvgIpc) is 3.17. The number of carbonyl (C=O) groups excluding carboxylic acids is 2. The van der Waals surface area contributed by atoms with Crippen molar-refractivity contribution in [2.75, 3.05) is 45.3 Å². The molecule has 5 atom stereocenters. The molecule has 11 heteroatoms. The number of anilines is 1. The molecule has 2 aliphatic heterocycles. The van der Waals surface area contributed by atoms with Crippen LogP contribution in [0, 0.1) is 11.8 Å². The molecule has 2 aromatic rings. The van der Waals surface area contributed by atoms with Gasteiger partial charge in [-0.3, -0.25) is 9.59 Å². The van der Waals surface area contributed by atoms with Crippen LogP contribution >= 0.6 is 11.6 Å². The maximum Gasteiger partial charge on any atom is 0.264 e. The van der Waals surface area contributed by atoms with Crippen LogP contribution in [0.5, 0.6) is 5.75 Å². The lowest BCUT2D eigenvalue weighted by atomic mass is 9.68. The lowest BCUT2D eigenvalue weighted by Gasteiger charge is -2.46. The number of benzene rings is 2. The molecular weight excluding hydrogens is 638 g/mol. The Balaban J connectivity index is 1.40. The minimum absolute atomic E-state index is 0.0184. The Morgan fingerprint density at radius 2 is 2.00 bits per heavy atom. The van der Waals surface area contributed by atoms with E-state index in [2.05, 4.69) is 21.8 Å². The molecule has 254 valence electrons. The van der Waals surface area contributed by atoms with Gasteiger partial charge < -0.3 is 19.3 Å². The fraction of sp³-hybridized carbons (Fsp3) is 0.556. The van der Waals surface area contributed by atoms with E-state index < -0.39 is 21.2 Å². The number of fused-ring (bicyclic) bond motifs is 4. The fourth-order valence-corrected chi connectivity index (χ4v) is 9.40. The van der Waals surface area contributed by atoms with E-state index in [0.29, 0.717) is 44.7 Å². The first kappa shape index (κ1) is 33.8. The number of likely N-dealkylation sites (N-methyl/N-ethyl adjacent to an activating group) is 1. The van der Waals surface area contributed by atoms with Crippen LogP contribution < -0.4 is 14.4 Å². The van der Waals surface area contributed by atoms with Crippen LogP contribution in [0.4, 0.5) is 5.69 Å². The third-order valence-corrected chi connectivity index (χ3v) is 12.8. The summed E-state index contributed by atoms with van der Waals surface area (Å²) in [5.41, 5.74) is 3.27. The Hall–Kier alpha value is -3.08. The monoisotopic (exact) mass is 683 g/mol. The van der Waals surface area contributed by atoms with Gasteiger partial charge in [0.2, 0.25) is 15.9 Å². The number of allylic oxidation sites excluding steroid dienone is 1. The Labute approximate surface area is 283 Å². The number of nitrogens with zero attached hydrogens (tertiary/aromatic N) is 2. The lowest BCUT2D eigenvalue weighted by molar-refractivity contribution is -0.137. The molecule has 0 unspecified atom stereocenters. The summed E-state index contributed by atoms with van der Waals surface area (Å²) in [5.74, 6) is 0.413. The van der Waals surface area contributed by atoms with E-state index >= 15 is 0 Å². The molecule has 4 aliphatic rings. The molecule has 2 bridgehead atoms. The standard InChI is InChI=1S/C36H46ClN3O6S/c1-4-28-9-5-6-10-32(45-21-34(41)39(2)3)29-14-11-26(29)20-40-22-36(17-7-8-24-18-27(37)13-15-30(24)36)23-46-33-16-12-25(19-31(33)40)35(42)38-47(28,43)44/h6,10,12-13,15-16,18-19,26,28-29,32H,4-5,7-9,11,14,17,20-23H2,1-3H3,(H,38,42)/b10-6+/t26-,28+,29+,32-,36-/m0/s1. The molecule has 0 radical (unpaired) electrons. The van der Waals surface area contributed by atoms with Gasteiger partial charge in [0.25, 0.3) is 5.91 Å². The van der Waals surface area contributed by atoms with Crippen molar-refractivity contribution in [3.63, 3.8) is 0 Å².